The second-order valence-electron chi connectivity index (χ2n) is 2.45. The summed E-state index contributed by atoms with van der Waals surface area (Å²) in [7, 11) is -4.40. The highest BCUT2D eigenvalue weighted by Crippen LogP contribution is 2.02. The molecule has 0 fully saturated rings. The van der Waals surface area contributed by atoms with E-state index in [0.717, 1.165) is 12.8 Å². The Bertz CT molecular complexity index is 221. The number of hydrogen-bond donors (Lipinski definition) is 1. The number of halogens is 3. The van der Waals surface area contributed by atoms with Crippen LogP contribution < -0.4 is 4.72 Å². The summed E-state index contributed by atoms with van der Waals surface area (Å²) in [6, 6.07) is 0. The molecule has 0 spiro atoms. The third-order valence-electron chi connectivity index (χ3n) is 1.35. The van der Waals surface area contributed by atoms with Gasteiger partial charge in [0, 0.05) is 12.4 Å². The quantitative estimate of drug-likeness (QED) is 0.538. The zero-order valence-electron chi connectivity index (χ0n) is 6.97. The lowest BCUT2D eigenvalue weighted by Gasteiger charge is -2.04. The van der Waals surface area contributed by atoms with Gasteiger partial charge in [-0.15, -0.1) is 11.6 Å². The molecule has 1 N–H and O–H groups in total. The molecule has 0 unspecified atom stereocenters. The molecule has 0 saturated heterocycles. The van der Waals surface area contributed by atoms with Gasteiger partial charge in [-0.25, -0.2) is 13.1 Å². The summed E-state index contributed by atoms with van der Waals surface area (Å²) < 4.78 is 46.2. The van der Waals surface area contributed by atoms with Crippen LogP contribution in [-0.2, 0) is 10.0 Å². The summed E-state index contributed by atoms with van der Waals surface area (Å²) >= 11 is 5.36. The average Bonchev–Trinajstić information content (AvgIpc) is 2.03. The van der Waals surface area contributed by atoms with E-state index in [4.69, 9.17) is 11.6 Å². The lowest BCUT2D eigenvalue weighted by atomic mass is 10.2. The summed E-state index contributed by atoms with van der Waals surface area (Å²) in [4.78, 5) is 0. The monoisotopic (exact) mass is 235 g/mol. The fourth-order valence-corrected chi connectivity index (χ4v) is 1.42. The molecule has 0 aliphatic rings. The number of nitrogens with one attached hydrogen (secondary N) is 1. The Labute approximate surface area is 81.5 Å². The van der Waals surface area contributed by atoms with Gasteiger partial charge in [0.2, 0.25) is 0 Å². The number of rotatable bonds is 7. The van der Waals surface area contributed by atoms with Crippen molar-refractivity contribution in [1.82, 2.24) is 4.72 Å². The van der Waals surface area contributed by atoms with Crippen molar-refractivity contribution < 1.29 is 17.2 Å². The van der Waals surface area contributed by atoms with Crippen molar-refractivity contribution in [3.8, 4) is 0 Å². The second kappa shape index (κ2) is 6.50. The van der Waals surface area contributed by atoms with Gasteiger partial charge in [-0.2, -0.15) is 8.78 Å². The Kier molecular flexibility index (Phi) is 6.53. The van der Waals surface area contributed by atoms with Crippen molar-refractivity contribution in [2.24, 2.45) is 0 Å². The molecule has 0 aliphatic carbocycles. The molecule has 0 heterocycles. The third-order valence-corrected chi connectivity index (χ3v) is 2.69. The van der Waals surface area contributed by atoms with Gasteiger partial charge in [-0.3, -0.25) is 0 Å². The van der Waals surface area contributed by atoms with E-state index < -0.39 is 15.8 Å². The molecular weight excluding hydrogens is 224 g/mol. The van der Waals surface area contributed by atoms with E-state index in [1.54, 1.807) is 4.72 Å². The van der Waals surface area contributed by atoms with E-state index in [-0.39, 0.29) is 6.54 Å². The van der Waals surface area contributed by atoms with Crippen molar-refractivity contribution in [3.63, 3.8) is 0 Å². The van der Waals surface area contributed by atoms with E-state index in [1.807, 2.05) is 0 Å². The van der Waals surface area contributed by atoms with Crippen LogP contribution in [0.2, 0.25) is 0 Å². The summed E-state index contributed by atoms with van der Waals surface area (Å²) in [5, 5.41) is 0. The van der Waals surface area contributed by atoms with Gasteiger partial charge in [-0.1, -0.05) is 6.42 Å². The number of sulfonamides is 1. The highest BCUT2D eigenvalue weighted by atomic mass is 35.5. The molecule has 3 nitrogen and oxygen atoms in total. The highest BCUT2D eigenvalue weighted by molar-refractivity contribution is 7.89. The minimum Gasteiger partial charge on any atom is -0.210 e. The molecule has 0 saturated carbocycles. The first-order valence-electron chi connectivity index (χ1n) is 3.83. The SMILES string of the molecule is O=S(=O)(NCCCCCCl)C(F)F. The van der Waals surface area contributed by atoms with Crippen LogP contribution in [0.1, 0.15) is 19.3 Å². The van der Waals surface area contributed by atoms with Crippen molar-refractivity contribution in [2.45, 2.75) is 25.0 Å². The topological polar surface area (TPSA) is 46.2 Å². The molecule has 0 bridgehead atoms. The fraction of sp³-hybridized carbons (Fsp3) is 1.00. The maximum Gasteiger partial charge on any atom is 0.350 e. The lowest BCUT2D eigenvalue weighted by Crippen LogP contribution is -2.30. The van der Waals surface area contributed by atoms with Crippen LogP contribution in [-0.4, -0.2) is 26.6 Å². The summed E-state index contributed by atoms with van der Waals surface area (Å²) in [5.74, 6) is -2.85. The van der Waals surface area contributed by atoms with Crippen LogP contribution in [0.25, 0.3) is 0 Å². The van der Waals surface area contributed by atoms with Crippen LogP contribution in [0, 0.1) is 0 Å². The van der Waals surface area contributed by atoms with Crippen molar-refractivity contribution in [3.05, 3.63) is 0 Å². The highest BCUT2D eigenvalue weighted by Gasteiger charge is 2.22. The average molecular weight is 236 g/mol. The van der Waals surface area contributed by atoms with E-state index >= 15 is 0 Å². The molecule has 0 amide bonds. The third kappa shape index (κ3) is 6.17. The molecule has 13 heavy (non-hydrogen) atoms. The molecule has 0 atom stereocenters. The molecule has 0 aromatic carbocycles. The van der Waals surface area contributed by atoms with Gasteiger partial charge in [0.25, 0.3) is 10.0 Å². The van der Waals surface area contributed by atoms with Gasteiger partial charge >= 0.3 is 5.76 Å². The molecule has 0 aromatic rings. The molecule has 0 aliphatic heterocycles. The maximum absolute atomic E-state index is 11.7. The second-order valence-corrected chi connectivity index (χ2v) is 4.56. The van der Waals surface area contributed by atoms with Crippen LogP contribution in [0.5, 0.6) is 0 Å². The molecule has 80 valence electrons. The Morgan fingerprint density at radius 1 is 1.23 bits per heavy atom. The fourth-order valence-electron chi connectivity index (χ4n) is 0.674. The summed E-state index contributed by atoms with van der Waals surface area (Å²) in [6.45, 7) is 0.0452. The Morgan fingerprint density at radius 3 is 2.31 bits per heavy atom. The van der Waals surface area contributed by atoms with Crippen LogP contribution in [0.15, 0.2) is 0 Å². The van der Waals surface area contributed by atoms with E-state index in [1.165, 1.54) is 0 Å². The Hall–Kier alpha value is 0.0600. The van der Waals surface area contributed by atoms with Crippen molar-refractivity contribution in [1.29, 1.82) is 0 Å². The molecule has 0 rings (SSSR count). The largest absolute Gasteiger partial charge is 0.350 e. The Balaban J connectivity index is 3.53. The number of unbranched alkanes of at least 4 members (excludes halogenated alkanes) is 2. The maximum atomic E-state index is 11.7. The molecular formula is C6H12ClF2NO2S. The predicted octanol–water partition coefficient (Wildman–Crippen LogP) is 1.54. The first-order chi connectivity index (χ1) is 6.00. The summed E-state index contributed by atoms with van der Waals surface area (Å²) in [5.41, 5.74) is 0. The first kappa shape index (κ1) is 13.1. The predicted molar refractivity (Wildman–Crippen MR) is 47.5 cm³/mol. The van der Waals surface area contributed by atoms with Crippen molar-refractivity contribution in [2.75, 3.05) is 12.4 Å². The van der Waals surface area contributed by atoms with Gasteiger partial charge in [0.05, 0.1) is 0 Å². The molecule has 0 radical (unpaired) electrons. The summed E-state index contributed by atoms with van der Waals surface area (Å²) in [6.07, 6.45) is 2.02. The molecule has 7 heteroatoms. The van der Waals surface area contributed by atoms with Gasteiger partial charge in [-0.05, 0) is 12.8 Å². The number of hydrogen-bond acceptors (Lipinski definition) is 2. The zero-order valence-corrected chi connectivity index (χ0v) is 8.54. The molecule has 0 aromatic heterocycles. The van der Waals surface area contributed by atoms with Gasteiger partial charge < -0.3 is 0 Å². The minimum atomic E-state index is -4.40. The lowest BCUT2D eigenvalue weighted by molar-refractivity contribution is 0.232. The van der Waals surface area contributed by atoms with Crippen LogP contribution in [0.3, 0.4) is 0 Å². The van der Waals surface area contributed by atoms with E-state index in [0.29, 0.717) is 12.3 Å². The zero-order chi connectivity index (χ0) is 10.3. The standard InChI is InChI=1S/C6H12ClF2NO2S/c7-4-2-1-3-5-10-13(11,12)6(8)9/h6,10H,1-5H2. The van der Waals surface area contributed by atoms with Gasteiger partial charge in [0.1, 0.15) is 0 Å². The van der Waals surface area contributed by atoms with Gasteiger partial charge in [0.15, 0.2) is 0 Å². The Morgan fingerprint density at radius 2 is 1.85 bits per heavy atom. The number of alkyl halides is 3. The van der Waals surface area contributed by atoms with Crippen LogP contribution >= 0.6 is 11.6 Å². The minimum absolute atomic E-state index is 0.0452. The van der Waals surface area contributed by atoms with E-state index in [9.17, 15) is 17.2 Å². The smallest absolute Gasteiger partial charge is 0.210 e. The first-order valence-corrected chi connectivity index (χ1v) is 5.91. The van der Waals surface area contributed by atoms with Crippen LogP contribution in [0.4, 0.5) is 8.78 Å². The van der Waals surface area contributed by atoms with Crippen molar-refractivity contribution >= 4 is 21.6 Å². The normalized spacial score (nSPS) is 12.3. The van der Waals surface area contributed by atoms with E-state index in [2.05, 4.69) is 0 Å².